The molecular weight excluding hydrogens is 282 g/mol. The molecule has 0 spiro atoms. The van der Waals surface area contributed by atoms with Crippen LogP contribution in [-0.4, -0.2) is 39.4 Å². The van der Waals surface area contributed by atoms with Crippen molar-refractivity contribution in [3.05, 3.63) is 23.8 Å². The summed E-state index contributed by atoms with van der Waals surface area (Å²) in [6.07, 6.45) is 0. The maximum absolute atomic E-state index is 12.1. The van der Waals surface area contributed by atoms with Crippen LogP contribution in [-0.2, 0) is 9.59 Å². The number of fused-ring (bicyclic) bond motifs is 1. The Balaban J connectivity index is 2.61. The third-order valence-electron chi connectivity index (χ3n) is 3.13. The summed E-state index contributed by atoms with van der Waals surface area (Å²) in [5.74, 6) is -2.48. The van der Waals surface area contributed by atoms with Crippen LogP contribution >= 0.6 is 11.8 Å². The monoisotopic (exact) mass is 295 g/mol. The number of rotatable bonds is 3. The Morgan fingerprint density at radius 3 is 2.50 bits per heavy atom. The smallest absolute Gasteiger partial charge is 0.335 e. The van der Waals surface area contributed by atoms with E-state index in [2.05, 4.69) is 0 Å². The Hall–Kier alpha value is -2.02. The van der Waals surface area contributed by atoms with Crippen molar-refractivity contribution in [2.75, 3.05) is 10.7 Å². The van der Waals surface area contributed by atoms with Gasteiger partial charge in [0.25, 0.3) is 0 Å². The molecule has 1 aliphatic rings. The van der Waals surface area contributed by atoms with Gasteiger partial charge in [0, 0.05) is 4.90 Å². The molecule has 0 aliphatic carbocycles. The van der Waals surface area contributed by atoms with Gasteiger partial charge in [-0.15, -0.1) is 11.8 Å². The molecule has 2 rings (SSSR count). The number of anilines is 1. The van der Waals surface area contributed by atoms with Crippen molar-refractivity contribution >= 4 is 35.3 Å². The molecule has 1 amide bonds. The molecule has 0 radical (unpaired) electrons. The quantitative estimate of drug-likeness (QED) is 0.881. The highest BCUT2D eigenvalue weighted by molar-refractivity contribution is 8.00. The van der Waals surface area contributed by atoms with E-state index in [0.29, 0.717) is 10.6 Å². The molecule has 1 heterocycles. The molecule has 0 unspecified atom stereocenters. The molecule has 20 heavy (non-hydrogen) atoms. The molecule has 2 N–H and O–H groups in total. The Morgan fingerprint density at radius 2 is 1.95 bits per heavy atom. The second-order valence-electron chi connectivity index (χ2n) is 4.87. The summed E-state index contributed by atoms with van der Waals surface area (Å²) in [5.41, 5.74) is -1.09. The van der Waals surface area contributed by atoms with Crippen LogP contribution in [0, 0.1) is 0 Å². The van der Waals surface area contributed by atoms with Crippen molar-refractivity contribution in [1.82, 2.24) is 0 Å². The van der Waals surface area contributed by atoms with E-state index in [0.717, 1.165) is 4.90 Å². The fourth-order valence-electron chi connectivity index (χ4n) is 1.99. The van der Waals surface area contributed by atoms with E-state index in [4.69, 9.17) is 5.11 Å². The summed E-state index contributed by atoms with van der Waals surface area (Å²) in [4.78, 5) is 36.4. The Kier molecular flexibility index (Phi) is 3.47. The molecule has 106 valence electrons. The van der Waals surface area contributed by atoms with Gasteiger partial charge in [0.05, 0.1) is 17.0 Å². The molecule has 0 bridgehead atoms. The molecule has 0 aromatic heterocycles. The SMILES string of the molecule is CC(C)(C(=O)O)N1C(=O)CSc2ccc(C(=O)O)cc21. The first-order chi connectivity index (χ1) is 9.25. The van der Waals surface area contributed by atoms with Gasteiger partial charge in [0.2, 0.25) is 5.91 Å². The van der Waals surface area contributed by atoms with Crippen molar-refractivity contribution in [3.8, 4) is 0 Å². The van der Waals surface area contributed by atoms with Crippen LogP contribution in [0.2, 0.25) is 0 Å². The number of aliphatic carboxylic acids is 1. The predicted molar refractivity (Wildman–Crippen MR) is 73.3 cm³/mol. The largest absolute Gasteiger partial charge is 0.480 e. The van der Waals surface area contributed by atoms with Gasteiger partial charge in [-0.2, -0.15) is 0 Å². The summed E-state index contributed by atoms with van der Waals surface area (Å²) < 4.78 is 0. The van der Waals surface area contributed by atoms with Crippen LogP contribution in [0.25, 0.3) is 0 Å². The number of thioether (sulfide) groups is 1. The van der Waals surface area contributed by atoms with Gasteiger partial charge >= 0.3 is 11.9 Å². The molecule has 0 fully saturated rings. The first kappa shape index (κ1) is 14.4. The zero-order chi connectivity index (χ0) is 15.1. The van der Waals surface area contributed by atoms with Gasteiger partial charge in [-0.1, -0.05) is 0 Å². The van der Waals surface area contributed by atoms with Crippen LogP contribution < -0.4 is 4.90 Å². The maximum Gasteiger partial charge on any atom is 0.335 e. The fraction of sp³-hybridized carbons (Fsp3) is 0.308. The molecule has 0 saturated carbocycles. The van der Waals surface area contributed by atoms with E-state index in [-0.39, 0.29) is 17.2 Å². The van der Waals surface area contributed by atoms with Crippen LogP contribution in [0.15, 0.2) is 23.1 Å². The number of benzene rings is 1. The molecule has 0 atom stereocenters. The Labute approximate surface area is 119 Å². The molecule has 1 aromatic rings. The second kappa shape index (κ2) is 4.82. The topological polar surface area (TPSA) is 94.9 Å². The predicted octanol–water partition coefficient (Wildman–Crippen LogP) is 1.69. The number of carboxylic acid groups (broad SMARTS) is 2. The first-order valence-electron chi connectivity index (χ1n) is 5.81. The number of hydrogen-bond acceptors (Lipinski definition) is 4. The summed E-state index contributed by atoms with van der Waals surface area (Å²) >= 11 is 1.27. The minimum Gasteiger partial charge on any atom is -0.480 e. The number of carbonyl (C=O) groups is 3. The van der Waals surface area contributed by atoms with E-state index in [1.54, 1.807) is 6.07 Å². The van der Waals surface area contributed by atoms with Crippen molar-refractivity contribution < 1.29 is 24.6 Å². The van der Waals surface area contributed by atoms with Crippen LogP contribution in [0.4, 0.5) is 5.69 Å². The van der Waals surface area contributed by atoms with Crippen molar-refractivity contribution in [3.63, 3.8) is 0 Å². The Bertz CT molecular complexity index is 611. The van der Waals surface area contributed by atoms with Crippen molar-refractivity contribution in [1.29, 1.82) is 0 Å². The Morgan fingerprint density at radius 1 is 1.30 bits per heavy atom. The lowest BCUT2D eigenvalue weighted by molar-refractivity contribution is -0.143. The average molecular weight is 295 g/mol. The summed E-state index contributed by atoms with van der Waals surface area (Å²) in [7, 11) is 0. The van der Waals surface area contributed by atoms with E-state index in [1.807, 2.05) is 0 Å². The van der Waals surface area contributed by atoms with Gasteiger partial charge < -0.3 is 10.2 Å². The minimum atomic E-state index is -1.44. The van der Waals surface area contributed by atoms with Crippen LogP contribution in [0.3, 0.4) is 0 Å². The number of carboxylic acids is 2. The van der Waals surface area contributed by atoms with Gasteiger partial charge in [-0.3, -0.25) is 9.69 Å². The molecule has 1 aliphatic heterocycles. The van der Waals surface area contributed by atoms with E-state index in [1.165, 1.54) is 37.7 Å². The third kappa shape index (κ3) is 2.24. The molecular formula is C13H13NO5S. The van der Waals surface area contributed by atoms with Crippen LogP contribution in [0.5, 0.6) is 0 Å². The average Bonchev–Trinajstić information content (AvgIpc) is 2.37. The van der Waals surface area contributed by atoms with Gasteiger partial charge in [0.15, 0.2) is 0 Å². The van der Waals surface area contributed by atoms with Gasteiger partial charge in [0.1, 0.15) is 5.54 Å². The molecule has 7 heteroatoms. The van der Waals surface area contributed by atoms with Crippen molar-refractivity contribution in [2.24, 2.45) is 0 Å². The number of amides is 1. The summed E-state index contributed by atoms with van der Waals surface area (Å²) in [6, 6.07) is 4.38. The lowest BCUT2D eigenvalue weighted by atomic mass is 10.0. The zero-order valence-electron chi connectivity index (χ0n) is 10.9. The lowest BCUT2D eigenvalue weighted by Gasteiger charge is -2.38. The normalized spacial score (nSPS) is 14.9. The second-order valence-corrected chi connectivity index (χ2v) is 5.89. The van der Waals surface area contributed by atoms with E-state index >= 15 is 0 Å². The highest BCUT2D eigenvalue weighted by Gasteiger charge is 2.42. The number of nitrogens with zero attached hydrogens (tertiary/aromatic N) is 1. The third-order valence-corrected chi connectivity index (χ3v) is 4.18. The molecule has 6 nitrogen and oxygen atoms in total. The minimum absolute atomic E-state index is 0.0187. The number of aromatic carboxylic acids is 1. The molecule has 0 saturated heterocycles. The number of carbonyl (C=O) groups excluding carboxylic acids is 1. The first-order valence-corrected chi connectivity index (χ1v) is 6.80. The van der Waals surface area contributed by atoms with Gasteiger partial charge in [-0.25, -0.2) is 9.59 Å². The van der Waals surface area contributed by atoms with Crippen LogP contribution in [0.1, 0.15) is 24.2 Å². The lowest BCUT2D eigenvalue weighted by Crippen LogP contribution is -2.55. The molecule has 1 aromatic carbocycles. The van der Waals surface area contributed by atoms with Crippen molar-refractivity contribution in [2.45, 2.75) is 24.3 Å². The van der Waals surface area contributed by atoms with Gasteiger partial charge in [-0.05, 0) is 32.0 Å². The standard InChI is InChI=1S/C13H13NO5S/c1-13(2,12(18)19)14-8-5-7(11(16)17)3-4-9(8)20-6-10(14)15/h3-5H,6H2,1-2H3,(H,16,17)(H,18,19). The zero-order valence-corrected chi connectivity index (χ0v) is 11.7. The highest BCUT2D eigenvalue weighted by atomic mass is 32.2. The summed E-state index contributed by atoms with van der Waals surface area (Å²) in [5, 5.41) is 18.3. The van der Waals surface area contributed by atoms with E-state index in [9.17, 15) is 19.5 Å². The summed E-state index contributed by atoms with van der Waals surface area (Å²) in [6.45, 7) is 2.83. The fourth-order valence-corrected chi connectivity index (χ4v) is 2.86. The number of hydrogen-bond donors (Lipinski definition) is 2. The highest BCUT2D eigenvalue weighted by Crippen LogP contribution is 2.39. The van der Waals surface area contributed by atoms with E-state index < -0.39 is 17.5 Å². The maximum atomic E-state index is 12.1.